The van der Waals surface area contributed by atoms with E-state index in [1.807, 2.05) is 36.4 Å². The molecule has 2 heterocycles. The molecular formula is C58H80Cl2N2O14. The van der Waals surface area contributed by atoms with Gasteiger partial charge in [-0.1, -0.05) is 12.2 Å². The van der Waals surface area contributed by atoms with Crippen molar-refractivity contribution in [2.45, 2.75) is 76.3 Å². The van der Waals surface area contributed by atoms with Gasteiger partial charge in [-0.25, -0.2) is 0 Å². The number of hydrogen-bond acceptors (Lipinski definition) is 14. The number of hydrogen-bond donors (Lipinski definition) is 0. The van der Waals surface area contributed by atoms with Crippen LogP contribution in [0.25, 0.3) is 0 Å². The molecule has 0 amide bonds. The Labute approximate surface area is 462 Å². The van der Waals surface area contributed by atoms with Gasteiger partial charge in [0.05, 0.1) is 125 Å². The Morgan fingerprint density at radius 3 is 1.08 bits per heavy atom. The Bertz CT molecular complexity index is 2350. The van der Waals surface area contributed by atoms with Crippen LogP contribution in [0.15, 0.2) is 60.7 Å². The molecule has 0 N–H and O–H groups in total. The second-order valence-corrected chi connectivity index (χ2v) is 19.4. The van der Waals surface area contributed by atoms with E-state index in [2.05, 4.69) is 38.4 Å². The Hall–Kier alpha value is -5.94. The molecule has 0 spiro atoms. The number of benzene rings is 4. The van der Waals surface area contributed by atoms with E-state index in [4.69, 9.17) is 56.8 Å². The SMILES string of the molecule is COc1cc2c(cc1OC)C(Cc1cc(OC)c(OC)c(OC)c1)[N+](C)(CCCOC(=O)CCC=CCCC(=O)OCCC[N+]1(C)CCc3cc(OC)c(OC)cc3C1Cc1cc(OC)c(OC)c(OC)c1)CC2.[Cl-].[Cl-]. The molecule has 4 aromatic carbocycles. The molecule has 16 nitrogen and oxygen atoms in total. The smallest absolute Gasteiger partial charge is 0.306 e. The van der Waals surface area contributed by atoms with Crippen LogP contribution in [0.2, 0.25) is 0 Å². The minimum Gasteiger partial charge on any atom is -1.00 e. The second-order valence-electron chi connectivity index (χ2n) is 19.4. The predicted octanol–water partition coefficient (Wildman–Crippen LogP) is 3.04. The first kappa shape index (κ1) is 62.6. The van der Waals surface area contributed by atoms with Crippen molar-refractivity contribution >= 4 is 11.9 Å². The van der Waals surface area contributed by atoms with Gasteiger partial charge in [0.1, 0.15) is 12.1 Å². The summed E-state index contributed by atoms with van der Waals surface area (Å²) >= 11 is 0. The third-order valence-corrected chi connectivity index (χ3v) is 15.0. The fraction of sp³-hybridized carbons (Fsp3) is 0.517. The number of fused-ring (bicyclic) bond motifs is 2. The first-order chi connectivity index (χ1) is 35.7. The lowest BCUT2D eigenvalue weighted by molar-refractivity contribution is -0.941. The summed E-state index contributed by atoms with van der Waals surface area (Å²) in [7, 11) is 20.9. The van der Waals surface area contributed by atoms with Crippen molar-refractivity contribution in [2.75, 3.05) is 125 Å². The Morgan fingerprint density at radius 2 is 0.776 bits per heavy atom. The Balaban J connectivity index is 0.00000624. The summed E-state index contributed by atoms with van der Waals surface area (Å²) in [5.41, 5.74) is 6.93. The van der Waals surface area contributed by atoms with Crippen molar-refractivity contribution in [3.63, 3.8) is 0 Å². The lowest BCUT2D eigenvalue weighted by Crippen LogP contribution is -3.00. The average molecular weight is 1100 g/mol. The number of esters is 2. The molecule has 0 aromatic heterocycles. The maximum Gasteiger partial charge on any atom is 0.306 e. The van der Waals surface area contributed by atoms with Crippen molar-refractivity contribution in [1.29, 1.82) is 0 Å². The molecule has 420 valence electrons. The van der Waals surface area contributed by atoms with Gasteiger partial charge in [0.15, 0.2) is 46.0 Å². The quantitative estimate of drug-likeness (QED) is 0.0356. The Morgan fingerprint density at radius 1 is 0.461 bits per heavy atom. The van der Waals surface area contributed by atoms with E-state index in [0.29, 0.717) is 109 Å². The van der Waals surface area contributed by atoms with Gasteiger partial charge in [0.2, 0.25) is 11.5 Å². The highest BCUT2D eigenvalue weighted by molar-refractivity contribution is 5.70. The number of halogens is 2. The third-order valence-electron chi connectivity index (χ3n) is 15.0. The van der Waals surface area contributed by atoms with Crippen LogP contribution >= 0.6 is 0 Å². The molecule has 0 aliphatic carbocycles. The number of likely N-dealkylation sites (N-methyl/N-ethyl adjacent to an activating group) is 2. The van der Waals surface area contributed by atoms with E-state index < -0.39 is 0 Å². The van der Waals surface area contributed by atoms with E-state index in [-0.39, 0.29) is 61.7 Å². The van der Waals surface area contributed by atoms with Crippen LogP contribution in [0.4, 0.5) is 0 Å². The number of methoxy groups -OCH3 is 10. The molecule has 4 aromatic rings. The second kappa shape index (κ2) is 29.5. The lowest BCUT2D eigenvalue weighted by atomic mass is 9.86. The summed E-state index contributed by atoms with van der Waals surface area (Å²) in [5.74, 6) is 5.81. The highest BCUT2D eigenvalue weighted by Crippen LogP contribution is 2.47. The van der Waals surface area contributed by atoms with Crippen molar-refractivity contribution in [3.05, 3.63) is 94.1 Å². The highest BCUT2D eigenvalue weighted by Gasteiger charge is 2.42. The maximum atomic E-state index is 12.9. The number of nitrogens with zero attached hydrogens (tertiary/aromatic N) is 2. The fourth-order valence-corrected chi connectivity index (χ4v) is 10.8. The number of carbonyl (C=O) groups is 2. The van der Waals surface area contributed by atoms with Crippen LogP contribution in [0.3, 0.4) is 0 Å². The van der Waals surface area contributed by atoms with Gasteiger partial charge < -0.3 is 90.6 Å². The summed E-state index contributed by atoms with van der Waals surface area (Å²) in [5, 5.41) is 0. The van der Waals surface area contributed by atoms with Crippen LogP contribution in [0.1, 0.15) is 84.0 Å². The number of rotatable bonds is 28. The van der Waals surface area contributed by atoms with Crippen LogP contribution in [-0.2, 0) is 44.7 Å². The monoisotopic (exact) mass is 1100 g/mol. The van der Waals surface area contributed by atoms with E-state index in [1.54, 1.807) is 71.1 Å². The number of allylic oxidation sites excluding steroid dienone is 2. The normalized spacial score (nSPS) is 18.4. The molecule has 0 saturated carbocycles. The average Bonchev–Trinajstić information content (AvgIpc) is 3.42. The van der Waals surface area contributed by atoms with Crippen molar-refractivity contribution in [3.8, 4) is 57.5 Å². The maximum absolute atomic E-state index is 12.9. The van der Waals surface area contributed by atoms with E-state index in [1.165, 1.54) is 22.3 Å². The summed E-state index contributed by atoms with van der Waals surface area (Å²) in [6.45, 7) is 4.02. The van der Waals surface area contributed by atoms with Crippen molar-refractivity contribution in [2.24, 2.45) is 0 Å². The number of quaternary nitrogens is 2. The highest BCUT2D eigenvalue weighted by atomic mass is 35.5. The minimum absolute atomic E-state index is 0. The van der Waals surface area contributed by atoms with Crippen LogP contribution in [0, 0.1) is 0 Å². The van der Waals surface area contributed by atoms with E-state index in [0.717, 1.165) is 59.1 Å². The van der Waals surface area contributed by atoms with Gasteiger partial charge in [-0.2, -0.15) is 0 Å². The molecule has 76 heavy (non-hydrogen) atoms. The molecule has 6 rings (SSSR count). The number of carbonyl (C=O) groups excluding carboxylic acids is 2. The minimum atomic E-state index is -0.246. The zero-order chi connectivity index (χ0) is 53.4. The van der Waals surface area contributed by atoms with E-state index in [9.17, 15) is 9.59 Å². The van der Waals surface area contributed by atoms with Crippen LogP contribution < -0.4 is 72.2 Å². The van der Waals surface area contributed by atoms with Gasteiger partial charge in [0.25, 0.3) is 0 Å². The summed E-state index contributed by atoms with van der Waals surface area (Å²) in [4.78, 5) is 25.7. The molecular weight excluding hydrogens is 1020 g/mol. The topological polar surface area (TPSA) is 145 Å². The largest absolute Gasteiger partial charge is 1.00 e. The van der Waals surface area contributed by atoms with Gasteiger partial charge in [-0.15, -0.1) is 0 Å². The standard InChI is InChI=1S/C58H80N2O14.2ClH/c1-59(25-21-41-35-47(63-3)49(65-5)37-43(41)45(59)29-39-31-51(67-7)57(71-11)52(32-39)68-8)23-17-27-73-55(61)19-15-13-14-16-20-56(62)74-28-18-24-60(2)26-22-42-36-48(64-4)50(66-6)38-44(42)46(60)30-40-33-53(69-9)58(72-12)54(34-40)70-10;;/h13-14,31-38,45-46H,15-30H2,1-12H3;2*1H/q+2;;/p-2. The zero-order valence-electron chi connectivity index (χ0n) is 46.6. The van der Waals surface area contributed by atoms with Crippen molar-refractivity contribution < 1.29 is 100 Å². The van der Waals surface area contributed by atoms with E-state index >= 15 is 0 Å². The molecule has 18 heteroatoms. The number of ether oxygens (including phenoxy) is 12. The molecule has 4 atom stereocenters. The molecule has 0 fully saturated rings. The summed E-state index contributed by atoms with van der Waals surface area (Å²) in [6.07, 6.45) is 9.94. The lowest BCUT2D eigenvalue weighted by Gasteiger charge is -2.46. The fourth-order valence-electron chi connectivity index (χ4n) is 10.8. The molecule has 0 radical (unpaired) electrons. The predicted molar refractivity (Wildman–Crippen MR) is 282 cm³/mol. The molecule has 0 saturated heterocycles. The summed E-state index contributed by atoms with van der Waals surface area (Å²) in [6, 6.07) is 16.5. The van der Waals surface area contributed by atoms with Gasteiger partial charge in [-0.05, 0) is 83.6 Å². The van der Waals surface area contributed by atoms with Gasteiger partial charge in [0, 0.05) is 62.5 Å². The van der Waals surface area contributed by atoms with Gasteiger partial charge >= 0.3 is 11.9 Å². The first-order valence-electron chi connectivity index (χ1n) is 25.5. The zero-order valence-corrected chi connectivity index (χ0v) is 48.1. The van der Waals surface area contributed by atoms with Crippen molar-refractivity contribution in [1.82, 2.24) is 0 Å². The molecule has 2 aliphatic rings. The molecule has 4 unspecified atom stereocenters. The third kappa shape index (κ3) is 15.0. The molecule has 0 bridgehead atoms. The first-order valence-corrected chi connectivity index (χ1v) is 25.5. The Kier molecular flexibility index (Phi) is 24.3. The van der Waals surface area contributed by atoms with Crippen LogP contribution in [0.5, 0.6) is 57.5 Å². The van der Waals surface area contributed by atoms with Crippen LogP contribution in [-0.4, -0.2) is 145 Å². The van der Waals surface area contributed by atoms with Gasteiger partial charge in [-0.3, -0.25) is 9.59 Å². The summed E-state index contributed by atoms with van der Waals surface area (Å²) < 4.78 is 69.8. The molecule has 2 aliphatic heterocycles.